The molecule has 0 heterocycles. The molecule has 0 aliphatic heterocycles. The molecule has 3 aromatic rings. The third-order valence-corrected chi connectivity index (χ3v) is 9.03. The number of anilines is 1. The molecule has 10 nitrogen and oxygen atoms in total. The van der Waals surface area contributed by atoms with Gasteiger partial charge in [-0.25, -0.2) is 8.42 Å². The summed E-state index contributed by atoms with van der Waals surface area (Å²) in [5.74, 6) is -0.364. The fourth-order valence-electron chi connectivity index (χ4n) is 4.50. The highest BCUT2D eigenvalue weighted by Gasteiger charge is 2.35. The molecule has 0 bridgehead atoms. The summed E-state index contributed by atoms with van der Waals surface area (Å²) >= 11 is 12.7. The summed E-state index contributed by atoms with van der Waals surface area (Å²) in [6, 6.07) is 14.6. The lowest BCUT2D eigenvalue weighted by molar-refractivity contribution is -0.140. The maximum Gasteiger partial charge on any atom is 0.265 e. The number of carbonyl (C=O) groups is 2. The van der Waals surface area contributed by atoms with E-state index in [1.807, 2.05) is 0 Å². The van der Waals surface area contributed by atoms with Crippen molar-refractivity contribution >= 4 is 50.7 Å². The van der Waals surface area contributed by atoms with E-state index in [1.54, 1.807) is 44.2 Å². The average molecular weight is 653 g/mol. The number of carbonyl (C=O) groups excluding carboxylic acids is 2. The molecule has 0 fully saturated rings. The largest absolute Gasteiger partial charge is 0.495 e. The van der Waals surface area contributed by atoms with E-state index in [0.717, 1.165) is 4.31 Å². The predicted molar refractivity (Wildman–Crippen MR) is 167 cm³/mol. The Morgan fingerprint density at radius 2 is 1.53 bits per heavy atom. The van der Waals surface area contributed by atoms with E-state index in [9.17, 15) is 18.0 Å². The van der Waals surface area contributed by atoms with Crippen molar-refractivity contribution < 1.29 is 32.2 Å². The van der Waals surface area contributed by atoms with Gasteiger partial charge in [0.2, 0.25) is 11.8 Å². The number of hydrogen-bond acceptors (Lipinski definition) is 7. The number of ether oxygens (including phenoxy) is 3. The van der Waals surface area contributed by atoms with Gasteiger partial charge < -0.3 is 24.4 Å². The van der Waals surface area contributed by atoms with E-state index in [0.29, 0.717) is 22.9 Å². The zero-order chi connectivity index (χ0) is 31.7. The van der Waals surface area contributed by atoms with Gasteiger partial charge in [0.1, 0.15) is 18.3 Å². The molecule has 1 N–H and O–H groups in total. The number of likely N-dealkylation sites (N-methyl/N-ethyl adjacent to an activating group) is 1. The topological polar surface area (TPSA) is 114 Å². The summed E-state index contributed by atoms with van der Waals surface area (Å²) in [6.45, 7) is 3.17. The van der Waals surface area contributed by atoms with Gasteiger partial charge in [-0.05, 0) is 55.3 Å². The molecule has 1 atom stereocenters. The minimum Gasteiger partial charge on any atom is -0.495 e. The second-order valence-corrected chi connectivity index (χ2v) is 12.0. The number of nitrogens with one attached hydrogen (secondary N) is 1. The number of halogens is 2. The molecule has 0 unspecified atom stereocenters. The molecule has 0 aliphatic rings. The smallest absolute Gasteiger partial charge is 0.265 e. The minimum absolute atomic E-state index is 0.0295. The van der Waals surface area contributed by atoms with Crippen LogP contribution in [0.15, 0.2) is 65.6 Å². The fraction of sp³-hybridized carbons (Fsp3) is 0.333. The highest BCUT2D eigenvalue weighted by atomic mass is 35.5. The van der Waals surface area contributed by atoms with Gasteiger partial charge in [-0.1, -0.05) is 48.3 Å². The van der Waals surface area contributed by atoms with Gasteiger partial charge in [-0.2, -0.15) is 0 Å². The zero-order valence-electron chi connectivity index (χ0n) is 24.6. The number of benzene rings is 3. The van der Waals surface area contributed by atoms with Crippen molar-refractivity contribution in [2.24, 2.45) is 0 Å². The molecule has 0 aromatic heterocycles. The van der Waals surface area contributed by atoms with Gasteiger partial charge >= 0.3 is 0 Å². The van der Waals surface area contributed by atoms with Crippen LogP contribution in [-0.2, 0) is 26.2 Å². The summed E-state index contributed by atoms with van der Waals surface area (Å²) in [7, 11) is -0.258. The van der Waals surface area contributed by atoms with Gasteiger partial charge in [0, 0.05) is 29.2 Å². The number of methoxy groups -OCH3 is 3. The Bertz CT molecular complexity index is 1550. The molecule has 3 aromatic carbocycles. The van der Waals surface area contributed by atoms with Crippen LogP contribution in [0.3, 0.4) is 0 Å². The van der Waals surface area contributed by atoms with E-state index < -0.39 is 28.5 Å². The third kappa shape index (κ3) is 7.84. The third-order valence-electron chi connectivity index (χ3n) is 6.67. The highest BCUT2D eigenvalue weighted by Crippen LogP contribution is 2.37. The summed E-state index contributed by atoms with van der Waals surface area (Å²) < 4.78 is 45.5. The Morgan fingerprint density at radius 1 is 0.884 bits per heavy atom. The fourth-order valence-corrected chi connectivity index (χ4v) is 6.29. The average Bonchev–Trinajstić information content (AvgIpc) is 3.00. The lowest BCUT2D eigenvalue weighted by atomic mass is 10.1. The van der Waals surface area contributed by atoms with Crippen LogP contribution in [0.25, 0.3) is 0 Å². The molecule has 13 heteroatoms. The van der Waals surface area contributed by atoms with Gasteiger partial charge in [0.25, 0.3) is 10.0 Å². The van der Waals surface area contributed by atoms with Gasteiger partial charge in [-0.3, -0.25) is 13.9 Å². The van der Waals surface area contributed by atoms with Crippen LogP contribution in [0, 0.1) is 0 Å². The second-order valence-electron chi connectivity index (χ2n) is 9.28. The van der Waals surface area contributed by atoms with Gasteiger partial charge in [0.05, 0.1) is 31.9 Å². The van der Waals surface area contributed by atoms with Crippen LogP contribution in [0.4, 0.5) is 5.69 Å². The maximum absolute atomic E-state index is 14.3. The van der Waals surface area contributed by atoms with Crippen molar-refractivity contribution in [3.8, 4) is 17.2 Å². The number of amides is 2. The first-order valence-electron chi connectivity index (χ1n) is 13.4. The number of nitrogens with zero attached hydrogens (tertiary/aromatic N) is 2. The van der Waals surface area contributed by atoms with Crippen molar-refractivity contribution in [1.29, 1.82) is 0 Å². The minimum atomic E-state index is -4.45. The predicted octanol–water partition coefficient (Wildman–Crippen LogP) is 5.16. The van der Waals surface area contributed by atoms with E-state index in [2.05, 4.69) is 5.32 Å². The summed E-state index contributed by atoms with van der Waals surface area (Å²) in [6.07, 6.45) is 0.269. The van der Waals surface area contributed by atoms with E-state index >= 15 is 0 Å². The molecule has 2 amide bonds. The molecular formula is C30H35Cl2N3O7S. The van der Waals surface area contributed by atoms with Crippen LogP contribution in [-0.4, -0.2) is 65.6 Å². The van der Waals surface area contributed by atoms with Crippen molar-refractivity contribution in [2.45, 2.75) is 37.8 Å². The summed E-state index contributed by atoms with van der Waals surface area (Å²) in [4.78, 5) is 28.5. The quantitative estimate of drug-likeness (QED) is 0.256. The Labute approximate surface area is 262 Å². The van der Waals surface area contributed by atoms with Gasteiger partial charge in [-0.15, -0.1) is 0 Å². The van der Waals surface area contributed by atoms with E-state index in [-0.39, 0.29) is 46.0 Å². The highest BCUT2D eigenvalue weighted by molar-refractivity contribution is 7.92. The standard InChI is InChI=1S/C30H35Cl2N3O7S/c1-6-24(30(37)33-7-2)34(18-20-10-8-9-11-23(20)32)29(36)19-35(25-16-21(31)12-14-26(25)40-3)43(38,39)22-13-15-27(41-4)28(17-22)42-5/h8-17,24H,6-7,18-19H2,1-5H3,(H,33,37)/t24-/m0/s1. The number of sulfonamides is 1. The first-order valence-corrected chi connectivity index (χ1v) is 15.6. The Kier molecular flexibility index (Phi) is 11.9. The molecule has 0 saturated carbocycles. The zero-order valence-corrected chi connectivity index (χ0v) is 26.9. The molecule has 0 aliphatic carbocycles. The van der Waals surface area contributed by atoms with Crippen molar-refractivity contribution in [2.75, 3.05) is 38.7 Å². The molecule has 0 radical (unpaired) electrons. The molecule has 0 spiro atoms. The molecule has 3 rings (SSSR count). The van der Waals surface area contributed by atoms with Crippen molar-refractivity contribution in [1.82, 2.24) is 10.2 Å². The first kappa shape index (κ1) is 33.8. The normalized spacial score (nSPS) is 11.8. The van der Waals surface area contributed by atoms with Crippen molar-refractivity contribution in [3.05, 3.63) is 76.3 Å². The second kappa shape index (κ2) is 15.2. The lowest BCUT2D eigenvalue weighted by Gasteiger charge is -2.33. The number of hydrogen-bond donors (Lipinski definition) is 1. The van der Waals surface area contributed by atoms with E-state index in [1.165, 1.54) is 56.6 Å². The lowest BCUT2D eigenvalue weighted by Crippen LogP contribution is -2.52. The van der Waals surface area contributed by atoms with Crippen LogP contribution >= 0.6 is 23.2 Å². The Balaban J connectivity index is 2.19. The summed E-state index contributed by atoms with van der Waals surface area (Å²) in [5.41, 5.74) is 0.622. The van der Waals surface area contributed by atoms with Crippen LogP contribution in [0.5, 0.6) is 17.2 Å². The number of rotatable bonds is 14. The van der Waals surface area contributed by atoms with Crippen LogP contribution < -0.4 is 23.8 Å². The van der Waals surface area contributed by atoms with Crippen LogP contribution in [0.2, 0.25) is 10.0 Å². The molecule has 232 valence electrons. The first-order chi connectivity index (χ1) is 20.5. The monoisotopic (exact) mass is 651 g/mol. The Morgan fingerprint density at radius 3 is 2.14 bits per heavy atom. The van der Waals surface area contributed by atoms with Crippen LogP contribution in [0.1, 0.15) is 25.8 Å². The maximum atomic E-state index is 14.3. The Hall–Kier alpha value is -3.67. The molecule has 43 heavy (non-hydrogen) atoms. The SMILES string of the molecule is CCNC(=O)[C@H](CC)N(Cc1ccccc1Cl)C(=O)CN(c1cc(Cl)ccc1OC)S(=O)(=O)c1ccc(OC)c(OC)c1. The van der Waals surface area contributed by atoms with E-state index in [4.69, 9.17) is 37.4 Å². The van der Waals surface area contributed by atoms with Crippen molar-refractivity contribution in [3.63, 3.8) is 0 Å². The molecular weight excluding hydrogens is 617 g/mol. The van der Waals surface area contributed by atoms with Gasteiger partial charge in [0.15, 0.2) is 11.5 Å². The molecule has 0 saturated heterocycles. The summed E-state index contributed by atoms with van der Waals surface area (Å²) in [5, 5.41) is 3.38.